The van der Waals surface area contributed by atoms with Crippen molar-refractivity contribution in [3.05, 3.63) is 138 Å². The zero-order valence-corrected chi connectivity index (χ0v) is 22.3. The number of carbonyl (C=O) groups excluding carboxylic acids is 1. The average Bonchev–Trinajstić information content (AvgIpc) is 3.00. The molecule has 0 bridgehead atoms. The number of fused-ring (bicyclic) bond motifs is 1. The number of carbonyl (C=O) groups is 2. The number of hydrogen-bond donors (Lipinski definition) is 2. The van der Waals surface area contributed by atoms with E-state index in [4.69, 9.17) is 4.74 Å². The second-order valence-corrected chi connectivity index (χ2v) is 9.78. The summed E-state index contributed by atoms with van der Waals surface area (Å²) in [5.74, 6) is -1.62. The maximum absolute atomic E-state index is 13.4. The van der Waals surface area contributed by atoms with E-state index in [1.54, 1.807) is 24.3 Å². The van der Waals surface area contributed by atoms with Crippen LogP contribution < -0.4 is 10.1 Å². The van der Waals surface area contributed by atoms with Crippen molar-refractivity contribution in [2.24, 2.45) is 0 Å². The number of carboxylic acid groups (broad SMARTS) is 1. The van der Waals surface area contributed by atoms with Crippen LogP contribution in [0.4, 0.5) is 13.2 Å². The first kappa shape index (κ1) is 28.4. The molecule has 5 rings (SSSR count). The molecule has 42 heavy (non-hydrogen) atoms. The van der Waals surface area contributed by atoms with E-state index in [1.165, 1.54) is 12.1 Å². The third-order valence-corrected chi connectivity index (χ3v) is 6.89. The van der Waals surface area contributed by atoms with Gasteiger partial charge in [0.15, 0.2) is 0 Å². The average molecular weight is 570 g/mol. The summed E-state index contributed by atoms with van der Waals surface area (Å²) in [6.07, 6.45) is -4.39. The lowest BCUT2D eigenvalue weighted by atomic mass is 10.00. The number of halogens is 3. The van der Waals surface area contributed by atoms with E-state index in [1.807, 2.05) is 66.7 Å². The highest BCUT2D eigenvalue weighted by molar-refractivity contribution is 6.04. The summed E-state index contributed by atoms with van der Waals surface area (Å²) >= 11 is 0. The first-order valence-electron chi connectivity index (χ1n) is 13.2. The lowest BCUT2D eigenvalue weighted by Gasteiger charge is -2.18. The van der Waals surface area contributed by atoms with Crippen molar-refractivity contribution in [3.63, 3.8) is 0 Å². The Morgan fingerprint density at radius 3 is 2.02 bits per heavy atom. The highest BCUT2D eigenvalue weighted by Crippen LogP contribution is 2.32. The molecule has 5 aromatic rings. The molecule has 2 N–H and O–H groups in total. The largest absolute Gasteiger partial charge is 0.487 e. The number of amides is 1. The Morgan fingerprint density at radius 2 is 1.36 bits per heavy atom. The van der Waals surface area contributed by atoms with Gasteiger partial charge in [0.2, 0.25) is 0 Å². The van der Waals surface area contributed by atoms with Crippen LogP contribution in [0.1, 0.15) is 27.0 Å². The van der Waals surface area contributed by atoms with Crippen LogP contribution in [0.25, 0.3) is 21.9 Å². The monoisotopic (exact) mass is 569 g/mol. The number of carboxylic acids is 1. The van der Waals surface area contributed by atoms with E-state index in [0.29, 0.717) is 10.9 Å². The molecule has 5 nitrogen and oxygen atoms in total. The minimum atomic E-state index is -4.45. The molecule has 0 aliphatic rings. The lowest BCUT2D eigenvalue weighted by Crippen LogP contribution is -2.42. The predicted octanol–water partition coefficient (Wildman–Crippen LogP) is 7.53. The van der Waals surface area contributed by atoms with Crippen LogP contribution in [0.2, 0.25) is 0 Å². The normalized spacial score (nSPS) is 12.1. The summed E-state index contributed by atoms with van der Waals surface area (Å²) in [4.78, 5) is 25.6. The van der Waals surface area contributed by atoms with E-state index in [-0.39, 0.29) is 24.3 Å². The van der Waals surface area contributed by atoms with E-state index in [2.05, 4.69) is 5.32 Å². The van der Waals surface area contributed by atoms with Crippen molar-refractivity contribution in [2.75, 3.05) is 0 Å². The summed E-state index contributed by atoms with van der Waals surface area (Å²) < 4.78 is 44.9. The standard InChI is InChI=1S/C34H26F3NO4/c35-34(36,37)27-17-12-23(13-18-27)21-42-31-28-9-5-4-8-26(28)16-19-29(31)32(39)38-30(33(40)41)20-22-10-14-25(15-11-22)24-6-2-1-3-7-24/h1-19,30H,20-21H2,(H,38,39)(H,40,41)/t30-/m0/s1. The second-order valence-electron chi connectivity index (χ2n) is 9.78. The van der Waals surface area contributed by atoms with Crippen molar-refractivity contribution in [2.45, 2.75) is 25.2 Å². The maximum Gasteiger partial charge on any atom is 0.416 e. The van der Waals surface area contributed by atoms with Crippen molar-refractivity contribution in [1.29, 1.82) is 0 Å². The molecule has 0 saturated carbocycles. The van der Waals surface area contributed by atoms with Gasteiger partial charge in [-0.3, -0.25) is 4.79 Å². The highest BCUT2D eigenvalue weighted by atomic mass is 19.4. The van der Waals surface area contributed by atoms with Gasteiger partial charge in [0, 0.05) is 11.8 Å². The highest BCUT2D eigenvalue weighted by Gasteiger charge is 2.30. The Labute approximate surface area is 240 Å². The molecular formula is C34H26F3NO4. The molecule has 0 aliphatic carbocycles. The van der Waals surface area contributed by atoms with Crippen LogP contribution in [-0.2, 0) is 24.0 Å². The number of aliphatic carboxylic acids is 1. The van der Waals surface area contributed by atoms with Crippen LogP contribution >= 0.6 is 0 Å². The molecule has 0 radical (unpaired) electrons. The minimum absolute atomic E-state index is 0.0610. The van der Waals surface area contributed by atoms with E-state index >= 15 is 0 Å². The Hall–Kier alpha value is -5.11. The zero-order chi connectivity index (χ0) is 29.7. The van der Waals surface area contributed by atoms with Gasteiger partial charge in [-0.25, -0.2) is 4.79 Å². The Bertz CT molecular complexity index is 1700. The van der Waals surface area contributed by atoms with Gasteiger partial charge in [0.05, 0.1) is 11.1 Å². The molecule has 0 unspecified atom stereocenters. The molecule has 212 valence electrons. The number of hydrogen-bond acceptors (Lipinski definition) is 3. The number of ether oxygens (including phenoxy) is 1. The van der Waals surface area contributed by atoms with Gasteiger partial charge < -0.3 is 15.2 Å². The molecule has 5 aromatic carbocycles. The topological polar surface area (TPSA) is 75.6 Å². The van der Waals surface area contributed by atoms with E-state index in [9.17, 15) is 27.9 Å². The molecule has 0 aliphatic heterocycles. The smallest absolute Gasteiger partial charge is 0.416 e. The van der Waals surface area contributed by atoms with Crippen LogP contribution in [0, 0.1) is 0 Å². The minimum Gasteiger partial charge on any atom is -0.487 e. The quantitative estimate of drug-likeness (QED) is 0.192. The van der Waals surface area contributed by atoms with Crippen molar-refractivity contribution >= 4 is 22.6 Å². The molecule has 1 atom stereocenters. The molecule has 0 fully saturated rings. The maximum atomic E-state index is 13.4. The summed E-state index contributed by atoms with van der Waals surface area (Å²) in [5.41, 5.74) is 2.58. The van der Waals surface area contributed by atoms with Crippen LogP contribution in [-0.4, -0.2) is 23.0 Å². The number of nitrogens with one attached hydrogen (secondary N) is 1. The fraction of sp³-hybridized carbons (Fsp3) is 0.118. The Kier molecular flexibility index (Phi) is 8.24. The first-order valence-corrected chi connectivity index (χ1v) is 13.2. The van der Waals surface area contributed by atoms with E-state index in [0.717, 1.165) is 34.2 Å². The molecule has 0 aromatic heterocycles. The van der Waals surface area contributed by atoms with Crippen LogP contribution in [0.3, 0.4) is 0 Å². The third-order valence-electron chi connectivity index (χ3n) is 6.89. The Balaban J connectivity index is 1.36. The second kappa shape index (κ2) is 12.2. The summed E-state index contributed by atoms with van der Waals surface area (Å²) in [7, 11) is 0. The third kappa shape index (κ3) is 6.61. The molecule has 8 heteroatoms. The van der Waals surface area contributed by atoms with Gasteiger partial charge in [0.25, 0.3) is 5.91 Å². The molecule has 0 spiro atoms. The molecular weight excluding hydrogens is 543 g/mol. The number of rotatable bonds is 9. The Morgan fingerprint density at radius 1 is 0.738 bits per heavy atom. The van der Waals surface area contributed by atoms with Crippen LogP contribution in [0.15, 0.2) is 115 Å². The molecule has 1 amide bonds. The predicted molar refractivity (Wildman–Crippen MR) is 154 cm³/mol. The van der Waals surface area contributed by atoms with E-state index < -0.39 is 29.7 Å². The zero-order valence-electron chi connectivity index (χ0n) is 22.3. The summed E-state index contributed by atoms with van der Waals surface area (Å²) in [6.45, 7) is -0.0947. The van der Waals surface area contributed by atoms with Gasteiger partial charge in [-0.05, 0) is 45.8 Å². The molecule has 0 saturated heterocycles. The summed E-state index contributed by atoms with van der Waals surface area (Å²) in [6, 6.07) is 31.1. The number of alkyl halides is 3. The van der Waals surface area contributed by atoms with Gasteiger partial charge in [-0.1, -0.05) is 97.1 Å². The first-order chi connectivity index (χ1) is 20.2. The fourth-order valence-corrected chi connectivity index (χ4v) is 4.66. The van der Waals surface area contributed by atoms with Gasteiger partial charge in [-0.2, -0.15) is 13.2 Å². The van der Waals surface area contributed by atoms with Gasteiger partial charge >= 0.3 is 12.1 Å². The molecule has 0 heterocycles. The van der Waals surface area contributed by atoms with Gasteiger partial charge in [0.1, 0.15) is 18.4 Å². The van der Waals surface area contributed by atoms with Crippen molar-refractivity contribution in [3.8, 4) is 16.9 Å². The fourth-order valence-electron chi connectivity index (χ4n) is 4.66. The lowest BCUT2D eigenvalue weighted by molar-refractivity contribution is -0.139. The summed E-state index contributed by atoms with van der Waals surface area (Å²) in [5, 5.41) is 13.9. The van der Waals surface area contributed by atoms with Crippen molar-refractivity contribution in [1.82, 2.24) is 5.32 Å². The number of benzene rings is 5. The van der Waals surface area contributed by atoms with Crippen LogP contribution in [0.5, 0.6) is 5.75 Å². The van der Waals surface area contributed by atoms with Crippen molar-refractivity contribution < 1.29 is 32.6 Å². The SMILES string of the molecule is O=C(N[C@@H](Cc1ccc(-c2ccccc2)cc1)C(=O)O)c1ccc2ccccc2c1OCc1ccc(C(F)(F)F)cc1. The van der Waals surface area contributed by atoms with Gasteiger partial charge in [-0.15, -0.1) is 0 Å².